The van der Waals surface area contributed by atoms with Crippen LogP contribution in [-0.4, -0.2) is 55.4 Å². The van der Waals surface area contributed by atoms with Gasteiger partial charge >= 0.3 is 0 Å². The maximum Gasteiger partial charge on any atom is 0.249 e. The van der Waals surface area contributed by atoms with Gasteiger partial charge in [0.15, 0.2) is 4.91 Å². The molecule has 1 fully saturated rings. The van der Waals surface area contributed by atoms with E-state index >= 15 is 0 Å². The summed E-state index contributed by atoms with van der Waals surface area (Å²) < 4.78 is 28.3. The first-order chi connectivity index (χ1) is 12.8. The number of hydrogen-bond acceptors (Lipinski definition) is 5. The second-order valence-electron chi connectivity index (χ2n) is 7.16. The molecular formula is C20H26N2O4S. The predicted molar refractivity (Wildman–Crippen MR) is 104 cm³/mol. The van der Waals surface area contributed by atoms with E-state index in [2.05, 4.69) is 0 Å². The van der Waals surface area contributed by atoms with Crippen LogP contribution in [0.15, 0.2) is 34.9 Å². The third-order valence-electron chi connectivity index (χ3n) is 5.35. The fourth-order valence-corrected chi connectivity index (χ4v) is 5.79. The number of fused-ring (bicyclic) bond motifs is 1. The molecule has 0 N–H and O–H groups in total. The molecule has 146 valence electrons. The summed E-state index contributed by atoms with van der Waals surface area (Å²) in [7, 11) is -4.06. The standard InChI is InChI=1S/C20H26N2O4S/c1-4-21(5-2)17-18(23)15-10-6-7-11-16(15)19(24)20(17)27(25,26)22-12-8-9-14(3)13-22/h6-7,10-11,14H,4-5,8-9,12-13H2,1-3H3. The van der Waals surface area contributed by atoms with E-state index in [1.807, 2.05) is 20.8 Å². The third-order valence-corrected chi connectivity index (χ3v) is 7.26. The third kappa shape index (κ3) is 3.34. The van der Waals surface area contributed by atoms with Gasteiger partial charge in [-0.25, -0.2) is 8.42 Å². The van der Waals surface area contributed by atoms with Gasteiger partial charge in [-0.15, -0.1) is 0 Å². The first kappa shape index (κ1) is 19.8. The molecule has 0 radical (unpaired) electrons. The highest BCUT2D eigenvalue weighted by Gasteiger charge is 2.43. The van der Waals surface area contributed by atoms with Gasteiger partial charge in [-0.1, -0.05) is 31.2 Å². The Morgan fingerprint density at radius 1 is 1.07 bits per heavy atom. The van der Waals surface area contributed by atoms with Crippen molar-refractivity contribution in [1.29, 1.82) is 0 Å². The molecule has 27 heavy (non-hydrogen) atoms. The largest absolute Gasteiger partial charge is 0.368 e. The Kier molecular flexibility index (Phi) is 5.53. The van der Waals surface area contributed by atoms with Gasteiger partial charge in [-0.05, 0) is 32.6 Å². The number of carbonyl (C=O) groups excluding carboxylic acids is 2. The number of piperidine rings is 1. The SMILES string of the molecule is CCN(CC)C1=C(S(=O)(=O)N2CCCC(C)C2)C(=O)c2ccccc2C1=O. The van der Waals surface area contributed by atoms with Gasteiger partial charge in [-0.3, -0.25) is 9.59 Å². The number of carbonyl (C=O) groups is 2. The number of sulfonamides is 1. The fourth-order valence-electron chi connectivity index (χ4n) is 3.90. The minimum Gasteiger partial charge on any atom is -0.368 e. The van der Waals surface area contributed by atoms with Gasteiger partial charge in [0.05, 0.1) is 0 Å². The molecule has 1 saturated heterocycles. The van der Waals surface area contributed by atoms with Crippen molar-refractivity contribution < 1.29 is 18.0 Å². The van der Waals surface area contributed by atoms with Crippen LogP contribution in [0.3, 0.4) is 0 Å². The van der Waals surface area contributed by atoms with E-state index in [4.69, 9.17) is 0 Å². The number of nitrogens with zero attached hydrogens (tertiary/aromatic N) is 2. The van der Waals surface area contributed by atoms with Gasteiger partial charge in [0.2, 0.25) is 21.6 Å². The van der Waals surface area contributed by atoms with Gasteiger partial charge in [0.1, 0.15) is 5.70 Å². The lowest BCUT2D eigenvalue weighted by Crippen LogP contribution is -2.44. The van der Waals surface area contributed by atoms with Crippen LogP contribution in [0.4, 0.5) is 0 Å². The second kappa shape index (κ2) is 7.56. The molecule has 0 bridgehead atoms. The van der Waals surface area contributed by atoms with Crippen molar-refractivity contribution in [3.05, 3.63) is 46.0 Å². The van der Waals surface area contributed by atoms with Crippen molar-refractivity contribution in [3.8, 4) is 0 Å². The molecule has 6 nitrogen and oxygen atoms in total. The molecule has 1 atom stereocenters. The van der Waals surface area contributed by atoms with Crippen LogP contribution < -0.4 is 0 Å². The highest BCUT2D eigenvalue weighted by molar-refractivity contribution is 7.94. The quantitative estimate of drug-likeness (QED) is 0.773. The van der Waals surface area contributed by atoms with E-state index < -0.39 is 21.6 Å². The fraction of sp³-hybridized carbons (Fsp3) is 0.500. The summed E-state index contributed by atoms with van der Waals surface area (Å²) in [6.45, 7) is 7.35. The zero-order valence-corrected chi connectivity index (χ0v) is 16.9. The summed E-state index contributed by atoms with van der Waals surface area (Å²) in [5, 5.41) is 0. The van der Waals surface area contributed by atoms with Crippen LogP contribution in [0.2, 0.25) is 0 Å². The lowest BCUT2D eigenvalue weighted by Gasteiger charge is -2.34. The van der Waals surface area contributed by atoms with Crippen LogP contribution in [-0.2, 0) is 10.0 Å². The molecule has 1 aromatic rings. The maximum absolute atomic E-state index is 13.5. The molecule has 0 spiro atoms. The van der Waals surface area contributed by atoms with Crippen molar-refractivity contribution in [2.45, 2.75) is 33.6 Å². The molecule has 0 amide bonds. The summed E-state index contributed by atoms with van der Waals surface area (Å²) in [6, 6.07) is 6.46. The normalized spacial score (nSPS) is 21.4. The second-order valence-corrected chi connectivity index (χ2v) is 9.04. The Bertz CT molecular complexity index is 900. The number of hydrogen-bond donors (Lipinski definition) is 0. The monoisotopic (exact) mass is 390 g/mol. The minimum atomic E-state index is -4.06. The first-order valence-electron chi connectivity index (χ1n) is 9.50. The Balaban J connectivity index is 2.22. The first-order valence-corrected chi connectivity index (χ1v) is 10.9. The van der Waals surface area contributed by atoms with E-state index in [1.54, 1.807) is 23.1 Å². The van der Waals surface area contributed by atoms with Crippen LogP contribution in [0.25, 0.3) is 0 Å². The van der Waals surface area contributed by atoms with Crippen molar-refractivity contribution in [3.63, 3.8) is 0 Å². The summed E-state index contributed by atoms with van der Waals surface area (Å²) in [5.74, 6) is -0.740. The zero-order chi connectivity index (χ0) is 19.8. The number of likely N-dealkylation sites (N-methyl/N-ethyl adjacent to an activating group) is 1. The number of benzene rings is 1. The number of ketones is 2. The van der Waals surface area contributed by atoms with Gasteiger partial charge in [0, 0.05) is 37.3 Å². The molecular weight excluding hydrogens is 364 g/mol. The van der Waals surface area contributed by atoms with Crippen LogP contribution in [0.1, 0.15) is 54.3 Å². The minimum absolute atomic E-state index is 0.0157. The summed E-state index contributed by atoms with van der Waals surface area (Å²) in [5.41, 5.74) is 0.458. The topological polar surface area (TPSA) is 74.8 Å². The summed E-state index contributed by atoms with van der Waals surface area (Å²) in [6.07, 6.45) is 1.72. The van der Waals surface area contributed by atoms with Crippen molar-refractivity contribution in [1.82, 2.24) is 9.21 Å². The number of allylic oxidation sites excluding steroid dienone is 2. The highest BCUT2D eigenvalue weighted by Crippen LogP contribution is 2.34. The van der Waals surface area contributed by atoms with Gasteiger partial charge < -0.3 is 4.90 Å². The molecule has 1 aromatic carbocycles. The average molecular weight is 391 g/mol. The van der Waals surface area contributed by atoms with Crippen molar-refractivity contribution in [2.75, 3.05) is 26.2 Å². The van der Waals surface area contributed by atoms with Crippen LogP contribution in [0.5, 0.6) is 0 Å². The molecule has 0 saturated carbocycles. The highest BCUT2D eigenvalue weighted by atomic mass is 32.2. The average Bonchev–Trinajstić information content (AvgIpc) is 2.66. The molecule has 1 heterocycles. The van der Waals surface area contributed by atoms with E-state index in [-0.39, 0.29) is 27.6 Å². The molecule has 2 aliphatic rings. The summed E-state index contributed by atoms with van der Waals surface area (Å²) in [4.78, 5) is 27.7. The van der Waals surface area contributed by atoms with E-state index in [9.17, 15) is 18.0 Å². The van der Waals surface area contributed by atoms with Gasteiger partial charge in [-0.2, -0.15) is 4.31 Å². The lowest BCUT2D eigenvalue weighted by molar-refractivity contribution is 0.0948. The molecule has 7 heteroatoms. The van der Waals surface area contributed by atoms with E-state index in [1.165, 1.54) is 10.4 Å². The number of rotatable bonds is 5. The van der Waals surface area contributed by atoms with Crippen LogP contribution >= 0.6 is 0 Å². The predicted octanol–water partition coefficient (Wildman–Crippen LogP) is 2.68. The Morgan fingerprint density at radius 3 is 2.22 bits per heavy atom. The van der Waals surface area contributed by atoms with Crippen LogP contribution in [0, 0.1) is 5.92 Å². The van der Waals surface area contributed by atoms with E-state index in [0.717, 1.165) is 12.8 Å². The summed E-state index contributed by atoms with van der Waals surface area (Å²) >= 11 is 0. The Labute approximate surface area is 160 Å². The molecule has 1 unspecified atom stereocenters. The molecule has 3 rings (SSSR count). The van der Waals surface area contributed by atoms with Crippen molar-refractivity contribution in [2.24, 2.45) is 5.92 Å². The number of Topliss-reactive ketones (excluding diaryl/α,β-unsaturated/α-hetero) is 2. The molecule has 1 aliphatic heterocycles. The van der Waals surface area contributed by atoms with Crippen molar-refractivity contribution >= 4 is 21.6 Å². The Morgan fingerprint density at radius 2 is 1.67 bits per heavy atom. The van der Waals surface area contributed by atoms with E-state index in [0.29, 0.717) is 26.2 Å². The lowest BCUT2D eigenvalue weighted by atomic mass is 9.92. The smallest absolute Gasteiger partial charge is 0.249 e. The van der Waals surface area contributed by atoms with Gasteiger partial charge in [0.25, 0.3) is 0 Å². The maximum atomic E-state index is 13.5. The zero-order valence-electron chi connectivity index (χ0n) is 16.1. The molecule has 1 aliphatic carbocycles. The molecule has 0 aromatic heterocycles. The Hall–Kier alpha value is -1.99.